The molecule has 0 saturated carbocycles. The molecule has 1 fully saturated rings. The van der Waals surface area contributed by atoms with Crippen molar-refractivity contribution in [3.63, 3.8) is 0 Å². The Kier molecular flexibility index (Phi) is 16.0. The molecule has 12 nitrogen and oxygen atoms in total. The van der Waals surface area contributed by atoms with Gasteiger partial charge in [0.15, 0.2) is 0 Å². The first-order valence-corrected chi connectivity index (χ1v) is 26.6. The van der Waals surface area contributed by atoms with Crippen LogP contribution in [0.3, 0.4) is 0 Å². The maximum Gasteiger partial charge on any atom is 0.501 e. The van der Waals surface area contributed by atoms with Crippen molar-refractivity contribution in [2.24, 2.45) is 0 Å². The van der Waals surface area contributed by atoms with Crippen LogP contribution in [-0.2, 0) is 18.9 Å². The van der Waals surface area contributed by atoms with Crippen LogP contribution in [0, 0.1) is 6.92 Å². The highest BCUT2D eigenvalue weighted by molar-refractivity contribution is 7.99. The fourth-order valence-corrected chi connectivity index (χ4v) is 11.5. The Morgan fingerprint density at radius 3 is 2.06 bits per heavy atom. The molecule has 1 saturated heterocycles. The number of rotatable bonds is 18. The highest BCUT2D eigenvalue weighted by atomic mass is 35.5. The standard InChI is InChI=1S/C48H49ClF3N4O8PS3/c1-31(2)56-32(3)44(47(57)58)45(46(56)33-12-14-35(49)15-13-33)34-8-7-9-38(28-34)55-25-23-54(24-26-55)37-16-18-40(19-17-37)67-41-20-21-42(43(29-41)68(62,63)48(50,51)52)53-36(22-27-64-65(59,60)61)30-66-39-10-5-4-6-11-39/h4-21,28-29,31,36,53H,22-27,30H2,1-3H3,(H,57,58)(H2,59,60,61)/t36-/m1/s1. The number of nitrogens with one attached hydrogen (secondary N) is 1. The number of benzene rings is 5. The number of phosphoric ester groups is 1. The number of carbonyl (C=O) groups is 1. The van der Waals surface area contributed by atoms with Crippen molar-refractivity contribution >= 4 is 75.8 Å². The summed E-state index contributed by atoms with van der Waals surface area (Å²) in [5, 5.41) is 14.0. The SMILES string of the molecule is Cc1c(C(=O)O)c(-c2cccc(N3CCN(c4ccc(Sc5ccc(N[C@H](CCOP(=O)(O)O)CSc6ccccc6)c(S(=O)(=O)C(F)(F)F)c5)cc4)CC3)c2)c(-c2ccc(Cl)cc2)n1C(C)C. The number of nitrogens with zero attached hydrogens (tertiary/aromatic N) is 3. The third kappa shape index (κ3) is 12.1. The number of halogens is 4. The van der Waals surface area contributed by atoms with E-state index in [1.165, 1.54) is 23.9 Å². The predicted molar refractivity (Wildman–Crippen MR) is 264 cm³/mol. The fraction of sp³-hybridized carbons (Fsp3) is 0.271. The first-order chi connectivity index (χ1) is 32.2. The fourth-order valence-electron chi connectivity index (χ4n) is 8.21. The molecule has 360 valence electrons. The summed E-state index contributed by atoms with van der Waals surface area (Å²) >= 11 is 8.67. The highest BCUT2D eigenvalue weighted by Crippen LogP contribution is 2.44. The number of carboxylic acid groups (broad SMARTS) is 1. The number of aromatic carboxylic acids is 1. The van der Waals surface area contributed by atoms with Crippen molar-refractivity contribution in [3.8, 4) is 22.4 Å². The number of piperazine rings is 1. The van der Waals surface area contributed by atoms with Crippen molar-refractivity contribution in [2.45, 2.75) is 64.4 Å². The number of hydrogen-bond donors (Lipinski definition) is 4. The molecule has 68 heavy (non-hydrogen) atoms. The zero-order chi connectivity index (χ0) is 49.0. The molecule has 6 aromatic rings. The molecule has 5 aromatic carbocycles. The number of carboxylic acids is 1. The zero-order valence-corrected chi connectivity index (χ0v) is 41.2. The van der Waals surface area contributed by atoms with Crippen LogP contribution in [-0.4, -0.2) is 83.9 Å². The van der Waals surface area contributed by atoms with Crippen molar-refractivity contribution < 1.29 is 50.4 Å². The van der Waals surface area contributed by atoms with Crippen LogP contribution in [0.15, 0.2) is 141 Å². The molecule has 0 unspecified atom stereocenters. The van der Waals surface area contributed by atoms with Gasteiger partial charge in [-0.3, -0.25) is 4.52 Å². The Balaban J connectivity index is 1.06. The van der Waals surface area contributed by atoms with E-state index in [2.05, 4.69) is 24.2 Å². The largest absolute Gasteiger partial charge is 0.501 e. The number of alkyl halides is 3. The van der Waals surface area contributed by atoms with Gasteiger partial charge < -0.3 is 34.6 Å². The lowest BCUT2D eigenvalue weighted by atomic mass is 9.96. The first-order valence-electron chi connectivity index (χ1n) is 21.4. The molecule has 4 N–H and O–H groups in total. The molecule has 0 amide bonds. The van der Waals surface area contributed by atoms with Gasteiger partial charge in [-0.15, -0.1) is 11.8 Å². The minimum absolute atomic E-state index is 0.0184. The van der Waals surface area contributed by atoms with E-state index in [-0.39, 0.29) is 34.4 Å². The molecular weight excluding hydrogens is 980 g/mol. The number of phosphoric acid groups is 1. The molecule has 0 radical (unpaired) electrons. The van der Waals surface area contributed by atoms with Gasteiger partial charge in [-0.25, -0.2) is 17.8 Å². The van der Waals surface area contributed by atoms with Gasteiger partial charge >= 0.3 is 19.3 Å². The molecule has 0 bridgehead atoms. The summed E-state index contributed by atoms with van der Waals surface area (Å²) in [5.41, 5.74) is -0.0512. The van der Waals surface area contributed by atoms with E-state index in [0.29, 0.717) is 47.4 Å². The number of thioether (sulfide) groups is 1. The molecular formula is C48H49ClF3N4O8PS3. The topological polar surface area (TPSA) is 162 Å². The van der Waals surface area contributed by atoms with Crippen molar-refractivity contribution in [1.82, 2.24) is 4.57 Å². The molecule has 1 aromatic heterocycles. The Bertz CT molecular complexity index is 2900. The Morgan fingerprint density at radius 1 is 0.824 bits per heavy atom. The maximum atomic E-state index is 14.1. The monoisotopic (exact) mass is 1030 g/mol. The summed E-state index contributed by atoms with van der Waals surface area (Å²) in [6, 6.07) is 34.8. The molecule has 2 heterocycles. The van der Waals surface area contributed by atoms with E-state index in [9.17, 15) is 45.8 Å². The van der Waals surface area contributed by atoms with Gasteiger partial charge in [0.2, 0.25) is 0 Å². The van der Waals surface area contributed by atoms with Crippen LogP contribution >= 0.6 is 42.9 Å². The summed E-state index contributed by atoms with van der Waals surface area (Å²) in [4.78, 5) is 36.5. The van der Waals surface area contributed by atoms with Crippen LogP contribution in [0.2, 0.25) is 5.02 Å². The number of sulfone groups is 1. The second-order valence-electron chi connectivity index (χ2n) is 16.3. The van der Waals surface area contributed by atoms with Crippen LogP contribution in [0.25, 0.3) is 22.4 Å². The second-order valence-corrected chi connectivity index (χ2v) is 22.1. The quantitative estimate of drug-likeness (QED) is 0.0476. The zero-order valence-electron chi connectivity index (χ0n) is 37.1. The molecule has 0 aliphatic carbocycles. The first kappa shape index (κ1) is 51.0. The number of anilines is 3. The summed E-state index contributed by atoms with van der Waals surface area (Å²) in [7, 11) is -10.7. The summed E-state index contributed by atoms with van der Waals surface area (Å²) in [5.74, 6) is -0.799. The van der Waals surface area contributed by atoms with Gasteiger partial charge in [0.1, 0.15) is 4.90 Å². The number of hydrogen-bond acceptors (Lipinski definition) is 10. The molecule has 1 aliphatic rings. The Labute approximate surface area is 406 Å². The number of aromatic nitrogens is 1. The molecule has 0 spiro atoms. The van der Waals surface area contributed by atoms with Crippen LogP contribution in [0.1, 0.15) is 42.4 Å². The van der Waals surface area contributed by atoms with Gasteiger partial charge in [-0.05, 0) is 117 Å². The average molecular weight is 1030 g/mol. The second kappa shape index (κ2) is 21.4. The molecule has 20 heteroatoms. The lowest BCUT2D eigenvalue weighted by Crippen LogP contribution is -2.46. The van der Waals surface area contributed by atoms with E-state index >= 15 is 0 Å². The van der Waals surface area contributed by atoms with Gasteiger partial charge in [0.25, 0.3) is 9.84 Å². The minimum Gasteiger partial charge on any atom is -0.478 e. The third-order valence-corrected chi connectivity index (χ3v) is 15.8. The summed E-state index contributed by atoms with van der Waals surface area (Å²) < 4.78 is 86.4. The lowest BCUT2D eigenvalue weighted by Gasteiger charge is -2.37. The highest BCUT2D eigenvalue weighted by Gasteiger charge is 2.48. The van der Waals surface area contributed by atoms with Crippen LogP contribution in [0.5, 0.6) is 0 Å². The molecule has 1 atom stereocenters. The van der Waals surface area contributed by atoms with Gasteiger partial charge in [-0.1, -0.05) is 65.8 Å². The van der Waals surface area contributed by atoms with Crippen LogP contribution < -0.4 is 15.1 Å². The van der Waals surface area contributed by atoms with Gasteiger partial charge in [0.05, 0.1) is 23.6 Å². The summed E-state index contributed by atoms with van der Waals surface area (Å²) in [6.07, 6.45) is -0.0585. The molecule has 7 rings (SSSR count). The van der Waals surface area contributed by atoms with Crippen molar-refractivity contribution in [3.05, 3.63) is 138 Å². The van der Waals surface area contributed by atoms with Gasteiger partial charge in [-0.2, -0.15) is 13.2 Å². The predicted octanol–water partition coefficient (Wildman–Crippen LogP) is 11.9. The average Bonchev–Trinajstić information content (AvgIpc) is 3.62. The van der Waals surface area contributed by atoms with E-state index in [0.717, 1.165) is 50.9 Å². The Morgan fingerprint density at radius 2 is 1.46 bits per heavy atom. The van der Waals surface area contributed by atoms with Crippen LogP contribution in [0.4, 0.5) is 30.2 Å². The van der Waals surface area contributed by atoms with E-state index in [1.807, 2.05) is 99.6 Å². The minimum atomic E-state index is -5.84. The third-order valence-electron chi connectivity index (χ3n) is 11.3. The lowest BCUT2D eigenvalue weighted by molar-refractivity contribution is -0.0436. The van der Waals surface area contributed by atoms with Crippen molar-refractivity contribution in [1.29, 1.82) is 0 Å². The van der Waals surface area contributed by atoms with E-state index < -0.39 is 46.7 Å². The Hall–Kier alpha value is -4.91. The van der Waals surface area contributed by atoms with Gasteiger partial charge in [0, 0.05) is 86.4 Å². The van der Waals surface area contributed by atoms with E-state index in [4.69, 9.17) is 11.6 Å². The van der Waals surface area contributed by atoms with Crippen molar-refractivity contribution in [2.75, 3.05) is 53.7 Å². The van der Waals surface area contributed by atoms with E-state index in [1.54, 1.807) is 24.3 Å². The summed E-state index contributed by atoms with van der Waals surface area (Å²) in [6.45, 7) is 8.12. The maximum absolute atomic E-state index is 14.1. The smallest absolute Gasteiger partial charge is 0.478 e. The normalized spacial score (nSPS) is 14.1. The molecule has 1 aliphatic heterocycles.